The standard InChI is InChI=1S/C19H18N2O5S/c1-12-3-5-14(6-4-12)18-20(16(11-27-18)19(23)26-2)17(22)13-7-9-15(10-8-13)21(24)25/h3-10,16,18H,11H2,1-2H3. The molecule has 0 aliphatic carbocycles. The summed E-state index contributed by atoms with van der Waals surface area (Å²) >= 11 is 1.49. The Morgan fingerprint density at radius 3 is 2.33 bits per heavy atom. The van der Waals surface area contributed by atoms with Crippen LogP contribution in [0.1, 0.15) is 26.9 Å². The van der Waals surface area contributed by atoms with Crippen molar-refractivity contribution >= 4 is 29.3 Å². The Bertz CT molecular complexity index is 867. The summed E-state index contributed by atoms with van der Waals surface area (Å²) in [5.41, 5.74) is 2.20. The first-order valence-electron chi connectivity index (χ1n) is 8.25. The summed E-state index contributed by atoms with van der Waals surface area (Å²) in [4.78, 5) is 37.2. The molecule has 27 heavy (non-hydrogen) atoms. The van der Waals surface area contributed by atoms with E-state index in [0.717, 1.165) is 11.1 Å². The van der Waals surface area contributed by atoms with Gasteiger partial charge in [-0.1, -0.05) is 29.8 Å². The van der Waals surface area contributed by atoms with Crippen LogP contribution in [0.4, 0.5) is 5.69 Å². The van der Waals surface area contributed by atoms with Crippen LogP contribution in [0.25, 0.3) is 0 Å². The average Bonchev–Trinajstić information content (AvgIpc) is 3.12. The molecule has 1 heterocycles. The molecule has 0 radical (unpaired) electrons. The summed E-state index contributed by atoms with van der Waals surface area (Å²) < 4.78 is 4.87. The molecule has 8 heteroatoms. The minimum Gasteiger partial charge on any atom is -0.467 e. The zero-order valence-corrected chi connectivity index (χ0v) is 15.6. The van der Waals surface area contributed by atoms with E-state index in [1.807, 2.05) is 31.2 Å². The van der Waals surface area contributed by atoms with Crippen LogP contribution in [-0.4, -0.2) is 40.6 Å². The normalized spacial score (nSPS) is 19.0. The molecule has 2 aromatic rings. The highest BCUT2D eigenvalue weighted by atomic mass is 32.2. The Kier molecular flexibility index (Phi) is 5.46. The first kappa shape index (κ1) is 18.9. The van der Waals surface area contributed by atoms with Crippen molar-refractivity contribution in [3.63, 3.8) is 0 Å². The largest absolute Gasteiger partial charge is 0.467 e. The molecule has 7 nitrogen and oxygen atoms in total. The van der Waals surface area contributed by atoms with E-state index in [9.17, 15) is 19.7 Å². The first-order chi connectivity index (χ1) is 12.9. The summed E-state index contributed by atoms with van der Waals surface area (Å²) in [6.45, 7) is 1.97. The van der Waals surface area contributed by atoms with E-state index in [2.05, 4.69) is 0 Å². The van der Waals surface area contributed by atoms with Crippen LogP contribution in [0, 0.1) is 17.0 Å². The predicted octanol–water partition coefficient (Wildman–Crippen LogP) is 3.33. The molecule has 1 saturated heterocycles. The van der Waals surface area contributed by atoms with E-state index in [4.69, 9.17) is 4.74 Å². The molecule has 2 atom stereocenters. The van der Waals surface area contributed by atoms with Gasteiger partial charge in [-0.25, -0.2) is 4.79 Å². The van der Waals surface area contributed by atoms with Crippen LogP contribution in [0.5, 0.6) is 0 Å². The fourth-order valence-electron chi connectivity index (χ4n) is 2.93. The molecular weight excluding hydrogens is 368 g/mol. The van der Waals surface area contributed by atoms with Crippen molar-refractivity contribution in [1.29, 1.82) is 0 Å². The first-order valence-corrected chi connectivity index (χ1v) is 9.30. The zero-order chi connectivity index (χ0) is 19.6. The summed E-state index contributed by atoms with van der Waals surface area (Å²) in [7, 11) is 1.29. The van der Waals surface area contributed by atoms with Gasteiger partial charge in [-0.05, 0) is 24.6 Å². The Labute approximate surface area is 160 Å². The summed E-state index contributed by atoms with van der Waals surface area (Å²) in [5, 5.41) is 10.5. The maximum atomic E-state index is 13.1. The van der Waals surface area contributed by atoms with Gasteiger partial charge in [-0.2, -0.15) is 0 Å². The zero-order valence-electron chi connectivity index (χ0n) is 14.8. The number of hydrogen-bond donors (Lipinski definition) is 0. The van der Waals surface area contributed by atoms with Crippen molar-refractivity contribution in [1.82, 2.24) is 4.90 Å². The minimum atomic E-state index is -0.714. The second-order valence-electron chi connectivity index (χ2n) is 6.15. The van der Waals surface area contributed by atoms with Gasteiger partial charge in [-0.3, -0.25) is 14.9 Å². The lowest BCUT2D eigenvalue weighted by Crippen LogP contribution is -2.43. The average molecular weight is 386 g/mol. The smallest absolute Gasteiger partial charge is 0.329 e. The van der Waals surface area contributed by atoms with E-state index in [1.54, 1.807) is 0 Å². The van der Waals surface area contributed by atoms with Crippen molar-refractivity contribution in [2.45, 2.75) is 18.3 Å². The number of thioether (sulfide) groups is 1. The number of amides is 1. The van der Waals surface area contributed by atoms with Gasteiger partial charge in [0.15, 0.2) is 0 Å². The van der Waals surface area contributed by atoms with Crippen LogP contribution < -0.4 is 0 Å². The topological polar surface area (TPSA) is 89.8 Å². The number of hydrogen-bond acceptors (Lipinski definition) is 6. The molecule has 2 aromatic carbocycles. The molecule has 1 aliphatic rings. The number of non-ortho nitro benzene ring substituents is 1. The van der Waals surface area contributed by atoms with Crippen LogP contribution in [0.3, 0.4) is 0 Å². The lowest BCUT2D eigenvalue weighted by molar-refractivity contribution is -0.384. The number of benzene rings is 2. The van der Waals surface area contributed by atoms with Crippen molar-refractivity contribution in [3.05, 3.63) is 75.3 Å². The van der Waals surface area contributed by atoms with Crippen molar-refractivity contribution in [2.75, 3.05) is 12.9 Å². The molecule has 140 valence electrons. The predicted molar refractivity (Wildman–Crippen MR) is 101 cm³/mol. The number of nitro benzene ring substituents is 1. The van der Waals surface area contributed by atoms with Crippen LogP contribution in [0.2, 0.25) is 0 Å². The fraction of sp³-hybridized carbons (Fsp3) is 0.263. The molecule has 1 aliphatic heterocycles. The number of carbonyl (C=O) groups excluding carboxylic acids is 2. The third-order valence-corrected chi connectivity index (χ3v) is 5.72. The van der Waals surface area contributed by atoms with E-state index in [1.165, 1.54) is 48.0 Å². The molecule has 0 N–H and O–H groups in total. The second kappa shape index (κ2) is 7.79. The highest BCUT2D eigenvalue weighted by Gasteiger charge is 2.43. The number of nitro groups is 1. The SMILES string of the molecule is COC(=O)C1CSC(c2ccc(C)cc2)N1C(=O)c1ccc([N+](=O)[O-])cc1. The van der Waals surface area contributed by atoms with Gasteiger partial charge in [0, 0.05) is 23.4 Å². The van der Waals surface area contributed by atoms with E-state index >= 15 is 0 Å². The van der Waals surface area contributed by atoms with Crippen molar-refractivity contribution in [3.8, 4) is 0 Å². The number of rotatable bonds is 4. The van der Waals surface area contributed by atoms with Gasteiger partial charge in [0.1, 0.15) is 11.4 Å². The molecular formula is C19H18N2O5S. The molecule has 3 rings (SSSR count). The molecule has 2 unspecified atom stereocenters. The van der Waals surface area contributed by atoms with Gasteiger partial charge >= 0.3 is 5.97 Å². The highest BCUT2D eigenvalue weighted by molar-refractivity contribution is 7.99. The molecule has 0 bridgehead atoms. The van der Waals surface area contributed by atoms with Gasteiger partial charge < -0.3 is 9.64 Å². The Hall–Kier alpha value is -2.87. The highest BCUT2D eigenvalue weighted by Crippen LogP contribution is 2.42. The second-order valence-corrected chi connectivity index (χ2v) is 7.26. The maximum absolute atomic E-state index is 13.1. The number of esters is 1. The maximum Gasteiger partial charge on any atom is 0.329 e. The fourth-order valence-corrected chi connectivity index (χ4v) is 4.35. The molecule has 0 aromatic heterocycles. The van der Waals surface area contributed by atoms with Gasteiger partial charge in [0.2, 0.25) is 0 Å². The van der Waals surface area contributed by atoms with Crippen LogP contribution in [-0.2, 0) is 9.53 Å². The molecule has 1 fully saturated rings. The van der Waals surface area contributed by atoms with Crippen molar-refractivity contribution in [2.24, 2.45) is 0 Å². The number of carbonyl (C=O) groups is 2. The Balaban J connectivity index is 1.96. The number of aryl methyl sites for hydroxylation is 1. The summed E-state index contributed by atoms with van der Waals surface area (Å²) in [6.07, 6.45) is 0. The molecule has 0 saturated carbocycles. The molecule has 0 spiro atoms. The monoisotopic (exact) mass is 386 g/mol. The van der Waals surface area contributed by atoms with Crippen molar-refractivity contribution < 1.29 is 19.2 Å². The van der Waals surface area contributed by atoms with Gasteiger partial charge in [0.25, 0.3) is 11.6 Å². The van der Waals surface area contributed by atoms with E-state index in [0.29, 0.717) is 5.75 Å². The number of nitrogens with zero attached hydrogens (tertiary/aromatic N) is 2. The lowest BCUT2D eigenvalue weighted by Gasteiger charge is -2.28. The van der Waals surface area contributed by atoms with E-state index < -0.39 is 16.9 Å². The van der Waals surface area contributed by atoms with Gasteiger partial charge in [-0.15, -0.1) is 11.8 Å². The van der Waals surface area contributed by atoms with E-state index in [-0.39, 0.29) is 22.5 Å². The Morgan fingerprint density at radius 2 is 1.78 bits per heavy atom. The summed E-state index contributed by atoms with van der Waals surface area (Å²) in [5.74, 6) is -0.424. The Morgan fingerprint density at radius 1 is 1.15 bits per heavy atom. The van der Waals surface area contributed by atoms with Crippen LogP contribution in [0.15, 0.2) is 48.5 Å². The van der Waals surface area contributed by atoms with Gasteiger partial charge in [0.05, 0.1) is 12.0 Å². The number of ether oxygens (including phenoxy) is 1. The lowest BCUT2D eigenvalue weighted by atomic mass is 10.1. The minimum absolute atomic E-state index is 0.0954. The van der Waals surface area contributed by atoms with Crippen LogP contribution >= 0.6 is 11.8 Å². The quantitative estimate of drug-likeness (QED) is 0.455. The third kappa shape index (κ3) is 3.80. The molecule has 1 amide bonds. The summed E-state index contributed by atoms with van der Waals surface area (Å²) in [6, 6.07) is 12.4. The number of methoxy groups -OCH3 is 1. The third-order valence-electron chi connectivity index (χ3n) is 4.40.